The molecule has 1 atom stereocenters. The molecule has 1 unspecified atom stereocenters. The third-order valence-corrected chi connectivity index (χ3v) is 3.05. The zero-order valence-electron chi connectivity index (χ0n) is 8.85. The van der Waals surface area contributed by atoms with E-state index in [0.29, 0.717) is 5.06 Å². The molecule has 0 aromatic heterocycles. The monoisotopic (exact) mass is 185 g/mol. The predicted molar refractivity (Wildman–Crippen MR) is 55.5 cm³/mol. The van der Waals surface area contributed by atoms with Crippen LogP contribution in [0.1, 0.15) is 51.9 Å². The maximum atomic E-state index is 11.5. The van der Waals surface area contributed by atoms with E-state index in [1.807, 2.05) is 0 Å². The zero-order chi connectivity index (χ0) is 9.52. The molecule has 13 heavy (non-hydrogen) atoms. The Kier molecular flexibility index (Phi) is 5.40. The van der Waals surface area contributed by atoms with E-state index in [1.54, 1.807) is 0 Å². The number of quaternary nitrogens is 1. The quantitative estimate of drug-likeness (QED) is 0.649. The third-order valence-electron chi connectivity index (χ3n) is 3.05. The first-order valence-corrected chi connectivity index (χ1v) is 5.84. The minimum atomic E-state index is 0.508. The van der Waals surface area contributed by atoms with E-state index >= 15 is 0 Å². The molecule has 0 aromatic carbocycles. The fourth-order valence-electron chi connectivity index (χ4n) is 2.19. The van der Waals surface area contributed by atoms with Crippen molar-refractivity contribution in [1.82, 2.24) is 0 Å². The van der Waals surface area contributed by atoms with E-state index in [9.17, 15) is 5.21 Å². The highest BCUT2D eigenvalue weighted by Gasteiger charge is 2.15. The van der Waals surface area contributed by atoms with Crippen molar-refractivity contribution in [2.75, 3.05) is 13.1 Å². The van der Waals surface area contributed by atoms with E-state index < -0.39 is 0 Å². The van der Waals surface area contributed by atoms with Crippen molar-refractivity contribution in [2.45, 2.75) is 51.9 Å². The lowest BCUT2D eigenvalue weighted by Crippen LogP contribution is -3.08. The Labute approximate surface area is 81.9 Å². The summed E-state index contributed by atoms with van der Waals surface area (Å²) in [5.41, 5.74) is 0. The van der Waals surface area contributed by atoms with Crippen LogP contribution >= 0.6 is 0 Å². The van der Waals surface area contributed by atoms with Gasteiger partial charge in [0, 0.05) is 5.92 Å². The molecule has 0 saturated heterocycles. The number of hydrogen-bond donors (Lipinski definition) is 1. The normalized spacial score (nSPS) is 21.7. The molecule has 0 aliphatic heterocycles. The molecule has 1 aliphatic carbocycles. The zero-order valence-corrected chi connectivity index (χ0v) is 8.85. The first-order chi connectivity index (χ1) is 6.33. The molecule has 0 aromatic rings. The molecule has 78 valence electrons. The van der Waals surface area contributed by atoms with Crippen LogP contribution in [0.3, 0.4) is 0 Å². The highest BCUT2D eigenvalue weighted by Crippen LogP contribution is 2.21. The summed E-state index contributed by atoms with van der Waals surface area (Å²) in [6, 6.07) is 0. The van der Waals surface area contributed by atoms with Gasteiger partial charge >= 0.3 is 0 Å². The van der Waals surface area contributed by atoms with E-state index in [0.717, 1.165) is 31.8 Å². The predicted octanol–water partition coefficient (Wildman–Crippen LogP) is 1.75. The standard InChI is InChI=1S/C11H23NO/c1-2-3-9-12(13)10-11-7-5-4-6-8-11/h11-12H,2-10H2,1H3. The first kappa shape index (κ1) is 11.0. The molecule has 0 spiro atoms. The first-order valence-electron chi connectivity index (χ1n) is 5.84. The van der Waals surface area contributed by atoms with Gasteiger partial charge in [0.2, 0.25) is 0 Å². The van der Waals surface area contributed by atoms with Crippen molar-refractivity contribution in [3.63, 3.8) is 0 Å². The molecule has 1 rings (SSSR count). The van der Waals surface area contributed by atoms with Gasteiger partial charge in [-0.05, 0) is 19.3 Å². The highest BCUT2D eigenvalue weighted by molar-refractivity contribution is 4.64. The van der Waals surface area contributed by atoms with Gasteiger partial charge in [-0.15, -0.1) is 0 Å². The highest BCUT2D eigenvalue weighted by atomic mass is 16.5. The van der Waals surface area contributed by atoms with Crippen LogP contribution in [0.2, 0.25) is 0 Å². The van der Waals surface area contributed by atoms with Crippen molar-refractivity contribution >= 4 is 0 Å². The summed E-state index contributed by atoms with van der Waals surface area (Å²) in [4.78, 5) is 0. The molecule has 1 fully saturated rings. The Morgan fingerprint density at radius 1 is 1.23 bits per heavy atom. The summed E-state index contributed by atoms with van der Waals surface area (Å²) < 4.78 is 0. The molecule has 1 aliphatic rings. The summed E-state index contributed by atoms with van der Waals surface area (Å²) >= 11 is 0. The van der Waals surface area contributed by atoms with E-state index in [-0.39, 0.29) is 0 Å². The lowest BCUT2D eigenvalue weighted by Gasteiger charge is -2.29. The number of hydroxylamine groups is 2. The second-order valence-electron chi connectivity index (χ2n) is 4.35. The second-order valence-corrected chi connectivity index (χ2v) is 4.35. The Balaban J connectivity index is 2.07. The van der Waals surface area contributed by atoms with E-state index in [2.05, 4.69) is 6.92 Å². The van der Waals surface area contributed by atoms with Crippen LogP contribution in [0, 0.1) is 11.1 Å². The molecule has 1 saturated carbocycles. The van der Waals surface area contributed by atoms with Crippen molar-refractivity contribution < 1.29 is 5.06 Å². The summed E-state index contributed by atoms with van der Waals surface area (Å²) in [5, 5.41) is 12.0. The van der Waals surface area contributed by atoms with Gasteiger partial charge in [0.25, 0.3) is 0 Å². The van der Waals surface area contributed by atoms with Crippen LogP contribution in [0.25, 0.3) is 0 Å². The molecule has 0 bridgehead atoms. The van der Waals surface area contributed by atoms with Gasteiger partial charge in [-0.3, -0.25) is 0 Å². The summed E-state index contributed by atoms with van der Waals surface area (Å²) in [6.07, 6.45) is 8.94. The van der Waals surface area contributed by atoms with Crippen molar-refractivity contribution in [3.05, 3.63) is 5.21 Å². The lowest BCUT2D eigenvalue weighted by molar-refractivity contribution is -0.852. The lowest BCUT2D eigenvalue weighted by atomic mass is 9.89. The van der Waals surface area contributed by atoms with Gasteiger partial charge in [-0.2, -0.15) is 0 Å². The topological polar surface area (TPSA) is 27.5 Å². The molecular formula is C11H23NO. The van der Waals surface area contributed by atoms with Gasteiger partial charge in [0.15, 0.2) is 0 Å². The molecule has 1 N–H and O–H groups in total. The van der Waals surface area contributed by atoms with Crippen LogP contribution < -0.4 is 5.06 Å². The Bertz CT molecular complexity index is 121. The number of rotatable bonds is 5. The fraction of sp³-hybridized carbons (Fsp3) is 1.00. The van der Waals surface area contributed by atoms with Crippen molar-refractivity contribution in [2.24, 2.45) is 5.92 Å². The maximum Gasteiger partial charge on any atom is 0.0796 e. The van der Waals surface area contributed by atoms with Crippen LogP contribution in [-0.4, -0.2) is 13.1 Å². The minimum absolute atomic E-state index is 0.508. The van der Waals surface area contributed by atoms with E-state index in [4.69, 9.17) is 0 Å². The maximum absolute atomic E-state index is 11.5. The van der Waals surface area contributed by atoms with Crippen molar-refractivity contribution in [3.8, 4) is 0 Å². The SMILES string of the molecule is CCCC[NH+]([O-])CC1CCCCC1. The number of hydrogen-bond acceptors (Lipinski definition) is 1. The van der Waals surface area contributed by atoms with Crippen LogP contribution in [-0.2, 0) is 0 Å². The van der Waals surface area contributed by atoms with Crippen molar-refractivity contribution in [1.29, 1.82) is 0 Å². The third kappa shape index (κ3) is 4.63. The van der Waals surface area contributed by atoms with E-state index in [1.165, 1.54) is 32.1 Å². The molecular weight excluding hydrogens is 162 g/mol. The average molecular weight is 185 g/mol. The van der Waals surface area contributed by atoms with Crippen LogP contribution in [0.15, 0.2) is 0 Å². The summed E-state index contributed by atoms with van der Waals surface area (Å²) in [5.74, 6) is 0.734. The molecule has 2 heteroatoms. The smallest absolute Gasteiger partial charge is 0.0796 e. The summed E-state index contributed by atoms with van der Waals surface area (Å²) in [7, 11) is 0. The minimum Gasteiger partial charge on any atom is -0.634 e. The largest absolute Gasteiger partial charge is 0.634 e. The van der Waals surface area contributed by atoms with Gasteiger partial charge in [0.05, 0.1) is 13.1 Å². The average Bonchev–Trinajstić information content (AvgIpc) is 2.16. The number of unbranched alkanes of at least 4 members (excludes halogenated alkanes) is 1. The van der Waals surface area contributed by atoms with Gasteiger partial charge in [-0.25, -0.2) is 0 Å². The molecule has 2 nitrogen and oxygen atoms in total. The van der Waals surface area contributed by atoms with Gasteiger partial charge < -0.3 is 10.3 Å². The fourth-order valence-corrected chi connectivity index (χ4v) is 2.19. The molecule has 0 heterocycles. The molecule has 0 radical (unpaired) electrons. The number of nitrogens with one attached hydrogen (secondary N) is 1. The van der Waals surface area contributed by atoms with Gasteiger partial charge in [0.1, 0.15) is 0 Å². The molecule has 0 amide bonds. The summed E-state index contributed by atoms with van der Waals surface area (Å²) in [6.45, 7) is 3.85. The Morgan fingerprint density at radius 3 is 2.54 bits per heavy atom. The Morgan fingerprint density at radius 2 is 1.92 bits per heavy atom. The van der Waals surface area contributed by atoms with Gasteiger partial charge in [-0.1, -0.05) is 32.6 Å². The Hall–Kier alpha value is -0.0800. The van der Waals surface area contributed by atoms with Crippen LogP contribution in [0.5, 0.6) is 0 Å². The van der Waals surface area contributed by atoms with Crippen LogP contribution in [0.4, 0.5) is 0 Å². The second kappa shape index (κ2) is 6.39.